The number of amides is 2. The number of carbonyl (C=O) groups excluding carboxylic acids is 2. The Morgan fingerprint density at radius 2 is 1.87 bits per heavy atom. The Balaban J connectivity index is 1.54. The monoisotopic (exact) mass is 422 g/mol. The van der Waals surface area contributed by atoms with Crippen LogP contribution in [0.1, 0.15) is 18.1 Å². The van der Waals surface area contributed by atoms with Crippen LogP contribution in [0.15, 0.2) is 42.5 Å². The van der Waals surface area contributed by atoms with Crippen molar-refractivity contribution in [3.8, 4) is 11.5 Å². The first-order chi connectivity index (χ1) is 15.1. The predicted octanol–water partition coefficient (Wildman–Crippen LogP) is 2.84. The molecule has 0 bridgehead atoms. The number of fused-ring (bicyclic) bond motifs is 1. The van der Waals surface area contributed by atoms with Crippen LogP contribution < -0.4 is 14.4 Å². The zero-order valence-corrected chi connectivity index (χ0v) is 17.8. The molecule has 0 aromatic heterocycles. The summed E-state index contributed by atoms with van der Waals surface area (Å²) in [7, 11) is 1.77. The summed E-state index contributed by atoms with van der Waals surface area (Å²) in [6.07, 6.45) is 1.86. The van der Waals surface area contributed by atoms with Gasteiger partial charge in [-0.1, -0.05) is 24.3 Å². The fourth-order valence-corrected chi connectivity index (χ4v) is 3.75. The summed E-state index contributed by atoms with van der Waals surface area (Å²) in [6, 6.07) is 13.2. The molecule has 0 saturated carbocycles. The van der Waals surface area contributed by atoms with E-state index in [2.05, 4.69) is 0 Å². The number of hydrogen-bond acceptors (Lipinski definition) is 5. The van der Waals surface area contributed by atoms with Gasteiger partial charge in [0, 0.05) is 31.3 Å². The van der Waals surface area contributed by atoms with E-state index in [-0.39, 0.29) is 18.4 Å². The third kappa shape index (κ3) is 4.41. The summed E-state index contributed by atoms with van der Waals surface area (Å²) in [4.78, 5) is 28.5. The van der Waals surface area contributed by atoms with E-state index in [0.717, 1.165) is 16.8 Å². The zero-order chi connectivity index (χ0) is 21.8. The average molecular weight is 422 g/mol. The Labute approximate surface area is 181 Å². The van der Waals surface area contributed by atoms with Gasteiger partial charge in [-0.3, -0.25) is 9.59 Å². The van der Waals surface area contributed by atoms with E-state index in [1.165, 1.54) is 0 Å². The summed E-state index contributed by atoms with van der Waals surface area (Å²) in [5.74, 6) is 0.920. The Kier molecular flexibility index (Phi) is 6.23. The highest BCUT2D eigenvalue weighted by atomic mass is 16.5. The largest absolute Gasteiger partial charge is 0.490 e. The average Bonchev–Trinajstić information content (AvgIpc) is 3.04. The van der Waals surface area contributed by atoms with Crippen molar-refractivity contribution < 1.29 is 23.8 Å². The molecule has 0 spiro atoms. The number of ether oxygens (including phenoxy) is 3. The number of nitrogens with zero attached hydrogens (tertiary/aromatic N) is 2. The molecule has 7 nitrogen and oxygen atoms in total. The molecule has 162 valence electrons. The van der Waals surface area contributed by atoms with Crippen molar-refractivity contribution >= 4 is 29.2 Å². The maximum absolute atomic E-state index is 12.7. The molecular formula is C24H26N2O5. The molecule has 2 aliphatic heterocycles. The van der Waals surface area contributed by atoms with Gasteiger partial charge in [0.2, 0.25) is 0 Å². The van der Waals surface area contributed by atoms with Gasteiger partial charge in [-0.15, -0.1) is 0 Å². The van der Waals surface area contributed by atoms with Crippen LogP contribution in [-0.4, -0.2) is 63.3 Å². The Bertz CT molecular complexity index is 1010. The molecule has 0 N–H and O–H groups in total. The Morgan fingerprint density at radius 1 is 1.10 bits per heavy atom. The highest BCUT2D eigenvalue weighted by Crippen LogP contribution is 2.37. The number of rotatable bonds is 6. The molecule has 31 heavy (non-hydrogen) atoms. The number of hydrogen-bond donors (Lipinski definition) is 0. The summed E-state index contributed by atoms with van der Waals surface area (Å²) >= 11 is 0. The zero-order valence-electron chi connectivity index (χ0n) is 17.8. The van der Waals surface area contributed by atoms with Gasteiger partial charge < -0.3 is 24.0 Å². The van der Waals surface area contributed by atoms with Crippen LogP contribution in [0, 0.1) is 0 Å². The van der Waals surface area contributed by atoms with Crippen molar-refractivity contribution in [2.75, 3.05) is 51.5 Å². The maximum Gasteiger partial charge on any atom is 0.260 e. The van der Waals surface area contributed by atoms with Crippen LogP contribution in [0.25, 0.3) is 11.6 Å². The summed E-state index contributed by atoms with van der Waals surface area (Å²) < 4.78 is 16.8. The fraction of sp³-hybridized carbons (Fsp3) is 0.333. The van der Waals surface area contributed by atoms with E-state index >= 15 is 0 Å². The van der Waals surface area contributed by atoms with Gasteiger partial charge in [0.25, 0.3) is 11.8 Å². The predicted molar refractivity (Wildman–Crippen MR) is 118 cm³/mol. The minimum atomic E-state index is -0.0758. The number of para-hydroxylation sites is 1. The molecule has 1 fully saturated rings. The molecule has 0 unspecified atom stereocenters. The van der Waals surface area contributed by atoms with Crippen LogP contribution in [0.5, 0.6) is 11.5 Å². The number of anilines is 1. The minimum Gasteiger partial charge on any atom is -0.490 e. The van der Waals surface area contributed by atoms with Crippen molar-refractivity contribution in [3.05, 3.63) is 53.6 Å². The Morgan fingerprint density at radius 3 is 2.65 bits per heavy atom. The third-order valence-corrected chi connectivity index (χ3v) is 5.38. The molecular weight excluding hydrogens is 396 g/mol. The molecule has 2 heterocycles. The van der Waals surface area contributed by atoms with Gasteiger partial charge in [-0.05, 0) is 36.8 Å². The Hall–Kier alpha value is -3.32. The van der Waals surface area contributed by atoms with E-state index in [4.69, 9.17) is 14.2 Å². The van der Waals surface area contributed by atoms with E-state index in [9.17, 15) is 9.59 Å². The molecule has 0 atom stereocenters. The number of likely N-dealkylation sites (N-methyl/N-ethyl adjacent to an activating group) is 1. The number of carbonyl (C=O) groups is 2. The normalized spacial score (nSPS) is 17.1. The van der Waals surface area contributed by atoms with Crippen molar-refractivity contribution in [1.82, 2.24) is 4.90 Å². The van der Waals surface area contributed by atoms with Crippen LogP contribution >= 0.6 is 0 Å². The third-order valence-electron chi connectivity index (χ3n) is 5.38. The van der Waals surface area contributed by atoms with E-state index < -0.39 is 0 Å². The minimum absolute atomic E-state index is 0.0457. The van der Waals surface area contributed by atoms with E-state index in [0.29, 0.717) is 50.0 Å². The standard InChI is InChI=1S/C24H26N2O5/c1-3-30-22-15-17(14-19-18-6-4-5-7-20(18)25(2)24(19)28)8-9-21(22)31-16-23(27)26-10-12-29-13-11-26/h4-9,14-15H,3,10-13,16H2,1-2H3. The van der Waals surface area contributed by atoms with Crippen LogP contribution in [0.3, 0.4) is 0 Å². The molecule has 2 aliphatic rings. The highest BCUT2D eigenvalue weighted by molar-refractivity contribution is 6.35. The van der Waals surface area contributed by atoms with Crippen LogP contribution in [0.4, 0.5) is 5.69 Å². The van der Waals surface area contributed by atoms with Gasteiger partial charge in [-0.25, -0.2) is 0 Å². The van der Waals surface area contributed by atoms with Crippen LogP contribution in [0.2, 0.25) is 0 Å². The first-order valence-electron chi connectivity index (χ1n) is 10.4. The second-order valence-electron chi connectivity index (χ2n) is 7.36. The van der Waals surface area contributed by atoms with Crippen molar-refractivity contribution in [2.45, 2.75) is 6.92 Å². The van der Waals surface area contributed by atoms with Gasteiger partial charge in [0.15, 0.2) is 18.1 Å². The van der Waals surface area contributed by atoms with E-state index in [1.54, 1.807) is 22.9 Å². The molecule has 2 amide bonds. The summed E-state index contributed by atoms with van der Waals surface area (Å²) in [5, 5.41) is 0. The van der Waals surface area contributed by atoms with Crippen molar-refractivity contribution in [3.63, 3.8) is 0 Å². The van der Waals surface area contributed by atoms with Gasteiger partial charge in [-0.2, -0.15) is 0 Å². The second kappa shape index (κ2) is 9.22. The number of morpholine rings is 1. The maximum atomic E-state index is 12.7. The molecule has 1 saturated heterocycles. The number of benzene rings is 2. The van der Waals surface area contributed by atoms with Crippen molar-refractivity contribution in [2.24, 2.45) is 0 Å². The first kappa shape index (κ1) is 20.9. The lowest BCUT2D eigenvalue weighted by atomic mass is 10.0. The lowest BCUT2D eigenvalue weighted by Crippen LogP contribution is -2.43. The first-order valence-corrected chi connectivity index (χ1v) is 10.4. The molecule has 2 aromatic carbocycles. The molecule has 7 heteroatoms. The second-order valence-corrected chi connectivity index (χ2v) is 7.36. The summed E-state index contributed by atoms with van der Waals surface area (Å²) in [6.45, 7) is 4.55. The smallest absolute Gasteiger partial charge is 0.260 e. The van der Waals surface area contributed by atoms with Crippen LogP contribution in [-0.2, 0) is 14.3 Å². The molecule has 2 aromatic rings. The molecule has 4 rings (SSSR count). The highest BCUT2D eigenvalue weighted by Gasteiger charge is 2.29. The SMILES string of the molecule is CCOc1cc(C=C2C(=O)N(C)c3ccccc32)ccc1OCC(=O)N1CCOCC1. The lowest BCUT2D eigenvalue weighted by molar-refractivity contribution is -0.137. The summed E-state index contributed by atoms with van der Waals surface area (Å²) in [5.41, 5.74) is 3.26. The fourth-order valence-electron chi connectivity index (χ4n) is 3.75. The van der Waals surface area contributed by atoms with Gasteiger partial charge in [0.05, 0.1) is 25.5 Å². The van der Waals surface area contributed by atoms with Gasteiger partial charge in [0.1, 0.15) is 0 Å². The molecule has 0 aliphatic carbocycles. The quantitative estimate of drug-likeness (QED) is 0.670. The topological polar surface area (TPSA) is 68.3 Å². The molecule has 0 radical (unpaired) electrons. The lowest BCUT2D eigenvalue weighted by Gasteiger charge is -2.26. The van der Waals surface area contributed by atoms with Crippen molar-refractivity contribution in [1.29, 1.82) is 0 Å². The van der Waals surface area contributed by atoms with Gasteiger partial charge >= 0.3 is 0 Å². The van der Waals surface area contributed by atoms with E-state index in [1.807, 2.05) is 49.4 Å².